The third-order valence-electron chi connectivity index (χ3n) is 6.76. The molecule has 3 aromatic rings. The van der Waals surface area contributed by atoms with Crippen LogP contribution in [0.5, 0.6) is 5.75 Å². The number of benzene rings is 2. The van der Waals surface area contributed by atoms with Crippen molar-refractivity contribution in [3.05, 3.63) is 80.9 Å². The summed E-state index contributed by atoms with van der Waals surface area (Å²) in [6.07, 6.45) is 3.11. The second kappa shape index (κ2) is 12.5. The molecule has 40 heavy (non-hydrogen) atoms. The number of anilines is 1. The molecule has 1 amide bonds. The molecule has 1 N–H and O–H groups in total. The van der Waals surface area contributed by atoms with Gasteiger partial charge in [-0.15, -0.1) is 0 Å². The van der Waals surface area contributed by atoms with Gasteiger partial charge in [0.1, 0.15) is 16.4 Å². The monoisotopic (exact) mass is 562 g/mol. The molecule has 2 heterocycles. The van der Waals surface area contributed by atoms with Crippen molar-refractivity contribution < 1.29 is 29.0 Å². The van der Waals surface area contributed by atoms with Crippen molar-refractivity contribution in [1.29, 1.82) is 0 Å². The van der Waals surface area contributed by atoms with Crippen LogP contribution in [0, 0.1) is 20.8 Å². The molecule has 1 aliphatic rings. The maximum absolute atomic E-state index is 13.5. The summed E-state index contributed by atoms with van der Waals surface area (Å²) in [6.45, 7) is 9.99. The number of aryl methyl sites for hydroxylation is 3. The largest absolute Gasteiger partial charge is 0.507 e. The molecule has 4 rings (SSSR count). The average molecular weight is 563 g/mol. The molecular weight excluding hydrogens is 528 g/mol. The summed E-state index contributed by atoms with van der Waals surface area (Å²) in [6, 6.07) is 11.7. The fourth-order valence-electron chi connectivity index (χ4n) is 4.64. The average Bonchev–Trinajstić information content (AvgIpc) is 3.44. The van der Waals surface area contributed by atoms with Crippen LogP contribution < -0.4 is 9.64 Å². The van der Waals surface area contributed by atoms with E-state index in [1.807, 2.05) is 26.0 Å². The molecule has 1 unspecified atom stereocenters. The third-order valence-corrected chi connectivity index (χ3v) is 7.89. The van der Waals surface area contributed by atoms with Gasteiger partial charge in [0.15, 0.2) is 5.13 Å². The summed E-state index contributed by atoms with van der Waals surface area (Å²) in [5.41, 5.74) is 3.08. The number of aliphatic hydroxyl groups excluding tert-OH is 1. The highest BCUT2D eigenvalue weighted by Crippen LogP contribution is 2.44. The number of nitrogens with zero attached hydrogens (tertiary/aromatic N) is 2. The molecule has 0 aliphatic carbocycles. The molecule has 8 nitrogen and oxygen atoms in total. The highest BCUT2D eigenvalue weighted by atomic mass is 32.1. The molecule has 210 valence electrons. The second-order valence-electron chi connectivity index (χ2n) is 9.74. The van der Waals surface area contributed by atoms with Gasteiger partial charge in [0, 0.05) is 5.56 Å². The Morgan fingerprint density at radius 2 is 1.77 bits per heavy atom. The maximum Gasteiger partial charge on any atom is 0.350 e. The molecule has 0 spiro atoms. The van der Waals surface area contributed by atoms with Gasteiger partial charge in [-0.3, -0.25) is 14.5 Å². The molecule has 0 saturated carbocycles. The molecule has 9 heteroatoms. The first kappa shape index (κ1) is 29.0. The summed E-state index contributed by atoms with van der Waals surface area (Å²) in [4.78, 5) is 45.5. The van der Waals surface area contributed by atoms with Crippen molar-refractivity contribution in [2.24, 2.45) is 0 Å². The van der Waals surface area contributed by atoms with E-state index in [9.17, 15) is 19.5 Å². The van der Waals surface area contributed by atoms with Gasteiger partial charge in [0.2, 0.25) is 0 Å². The number of hydrogen-bond acceptors (Lipinski definition) is 8. The lowest BCUT2D eigenvalue weighted by Gasteiger charge is -2.23. The summed E-state index contributed by atoms with van der Waals surface area (Å²) >= 11 is 0.981. The number of thiazole rings is 1. The van der Waals surface area contributed by atoms with E-state index in [0.29, 0.717) is 29.2 Å². The summed E-state index contributed by atoms with van der Waals surface area (Å²) < 4.78 is 11.0. The van der Waals surface area contributed by atoms with Crippen molar-refractivity contribution in [1.82, 2.24) is 4.98 Å². The normalized spacial score (nSPS) is 16.4. The number of ketones is 1. The van der Waals surface area contributed by atoms with Crippen molar-refractivity contribution in [3.8, 4) is 5.75 Å². The molecule has 0 bridgehead atoms. The standard InChI is InChI=1S/C31H34N2O6S/c1-6-8-9-16-39-22-14-12-21(13-15-22)25-24(26(34)23-17-18(3)10-11-19(23)4)27(35)29(36)33(25)31-32-20(5)28(40-31)30(37)38-7-2/h10-15,17,25,34H,6-9,16H2,1-5H3. The Hall–Kier alpha value is -3.98. The van der Waals surface area contributed by atoms with E-state index in [1.54, 1.807) is 44.2 Å². The van der Waals surface area contributed by atoms with E-state index < -0.39 is 23.7 Å². The quantitative estimate of drug-likeness (QED) is 0.0996. The Morgan fingerprint density at radius 1 is 1.05 bits per heavy atom. The van der Waals surface area contributed by atoms with Gasteiger partial charge in [-0.1, -0.05) is 60.9 Å². The highest BCUT2D eigenvalue weighted by Gasteiger charge is 2.48. The van der Waals surface area contributed by atoms with Crippen LogP contribution in [0.2, 0.25) is 0 Å². The van der Waals surface area contributed by atoms with Gasteiger partial charge in [0.05, 0.1) is 30.5 Å². The van der Waals surface area contributed by atoms with Crippen LogP contribution in [0.1, 0.15) is 76.8 Å². The van der Waals surface area contributed by atoms with Crippen LogP contribution >= 0.6 is 11.3 Å². The topological polar surface area (TPSA) is 106 Å². The molecule has 2 aromatic carbocycles. The van der Waals surface area contributed by atoms with E-state index >= 15 is 0 Å². The number of esters is 1. The van der Waals surface area contributed by atoms with Crippen molar-refractivity contribution >= 4 is 39.9 Å². The number of ether oxygens (including phenoxy) is 2. The predicted molar refractivity (Wildman–Crippen MR) is 155 cm³/mol. The van der Waals surface area contributed by atoms with E-state index in [2.05, 4.69) is 11.9 Å². The minimum atomic E-state index is -0.963. The highest BCUT2D eigenvalue weighted by molar-refractivity contribution is 7.17. The minimum absolute atomic E-state index is 0.0409. The van der Waals surface area contributed by atoms with Gasteiger partial charge in [-0.25, -0.2) is 9.78 Å². The van der Waals surface area contributed by atoms with Gasteiger partial charge in [-0.05, 0) is 63.4 Å². The molecule has 1 saturated heterocycles. The Morgan fingerprint density at radius 3 is 2.45 bits per heavy atom. The number of aliphatic hydroxyl groups is 1. The zero-order chi connectivity index (χ0) is 29.0. The smallest absolute Gasteiger partial charge is 0.350 e. The fraction of sp³-hybridized carbons (Fsp3) is 0.355. The number of Topliss-reactive ketones (excluding diaryl/α,β-unsaturated/α-hetero) is 1. The lowest BCUT2D eigenvalue weighted by atomic mass is 9.93. The van der Waals surface area contributed by atoms with E-state index in [4.69, 9.17) is 9.47 Å². The van der Waals surface area contributed by atoms with Crippen LogP contribution in [0.3, 0.4) is 0 Å². The number of carbonyl (C=O) groups is 3. The Bertz CT molecular complexity index is 1460. The number of carbonyl (C=O) groups excluding carboxylic acids is 3. The number of hydrogen-bond donors (Lipinski definition) is 1. The van der Waals surface area contributed by atoms with Gasteiger partial charge in [0.25, 0.3) is 5.78 Å². The van der Waals surface area contributed by atoms with Crippen molar-refractivity contribution in [2.75, 3.05) is 18.1 Å². The molecule has 1 atom stereocenters. The first-order chi connectivity index (χ1) is 19.2. The lowest BCUT2D eigenvalue weighted by molar-refractivity contribution is -0.132. The lowest BCUT2D eigenvalue weighted by Crippen LogP contribution is -2.29. The minimum Gasteiger partial charge on any atom is -0.507 e. The number of amides is 1. The van der Waals surface area contributed by atoms with Crippen LogP contribution in [0.15, 0.2) is 48.0 Å². The van der Waals surface area contributed by atoms with Crippen molar-refractivity contribution in [2.45, 2.75) is 59.9 Å². The molecule has 1 aliphatic heterocycles. The summed E-state index contributed by atoms with van der Waals surface area (Å²) in [7, 11) is 0. The zero-order valence-electron chi connectivity index (χ0n) is 23.4. The first-order valence-electron chi connectivity index (χ1n) is 13.4. The maximum atomic E-state index is 13.5. The van der Waals surface area contributed by atoms with Gasteiger partial charge >= 0.3 is 11.9 Å². The fourth-order valence-corrected chi connectivity index (χ4v) is 5.63. The number of unbranched alkanes of at least 4 members (excludes halogenated alkanes) is 2. The van der Waals surface area contributed by atoms with Gasteiger partial charge in [-0.2, -0.15) is 0 Å². The molecular formula is C31H34N2O6S. The van der Waals surface area contributed by atoms with E-state index in [0.717, 1.165) is 41.7 Å². The zero-order valence-corrected chi connectivity index (χ0v) is 24.3. The Labute approximate surface area is 238 Å². The summed E-state index contributed by atoms with van der Waals surface area (Å²) in [5.74, 6) is -1.79. The van der Waals surface area contributed by atoms with Crippen LogP contribution in [-0.4, -0.2) is 41.0 Å². The van der Waals surface area contributed by atoms with Crippen molar-refractivity contribution in [3.63, 3.8) is 0 Å². The Kier molecular flexibility index (Phi) is 9.04. The van der Waals surface area contributed by atoms with E-state index in [-0.39, 0.29) is 27.9 Å². The predicted octanol–water partition coefficient (Wildman–Crippen LogP) is 6.44. The van der Waals surface area contributed by atoms with Gasteiger partial charge < -0.3 is 14.6 Å². The number of aromatic nitrogens is 1. The van der Waals surface area contributed by atoms with Crippen LogP contribution in [-0.2, 0) is 14.3 Å². The third kappa shape index (κ3) is 5.79. The summed E-state index contributed by atoms with van der Waals surface area (Å²) in [5, 5.41) is 11.7. The van der Waals surface area contributed by atoms with Crippen LogP contribution in [0.4, 0.5) is 5.13 Å². The molecule has 1 fully saturated rings. The van der Waals surface area contributed by atoms with E-state index in [1.165, 1.54) is 4.90 Å². The Balaban J connectivity index is 1.83. The second-order valence-corrected chi connectivity index (χ2v) is 10.7. The van der Waals surface area contributed by atoms with Crippen LogP contribution in [0.25, 0.3) is 5.76 Å². The molecule has 0 radical (unpaired) electrons. The SMILES string of the molecule is CCCCCOc1ccc(C2C(=C(O)c3cc(C)ccc3C)C(=O)C(=O)N2c2nc(C)c(C(=O)OCC)s2)cc1. The number of rotatable bonds is 10. The first-order valence-corrected chi connectivity index (χ1v) is 14.2. The molecule has 1 aromatic heterocycles.